The number of hydrogen-bond donors (Lipinski definition) is 1. The molecule has 6 rings (SSSR count). The van der Waals surface area contributed by atoms with Gasteiger partial charge in [-0.25, -0.2) is 15.0 Å². The van der Waals surface area contributed by atoms with E-state index in [1.165, 1.54) is 29.0 Å². The summed E-state index contributed by atoms with van der Waals surface area (Å²) in [6, 6.07) is 2.22. The van der Waals surface area contributed by atoms with Gasteiger partial charge in [0.25, 0.3) is 5.91 Å². The molecule has 3 aliphatic rings. The second kappa shape index (κ2) is 7.74. The number of nitrogens with zero attached hydrogens (tertiary/aromatic N) is 7. The predicted octanol–water partition coefficient (Wildman–Crippen LogP) is 3.28. The molecule has 5 heterocycles. The fourth-order valence-electron chi connectivity index (χ4n) is 4.99. The number of nitrogen functional groups attached to an aromatic ring is 1. The monoisotopic (exact) mass is 472 g/mol. The zero-order chi connectivity index (χ0) is 24.4. The maximum atomic E-state index is 14.0. The van der Waals surface area contributed by atoms with Gasteiger partial charge in [0, 0.05) is 11.7 Å². The van der Waals surface area contributed by atoms with Gasteiger partial charge < -0.3 is 10.6 Å². The van der Waals surface area contributed by atoms with Gasteiger partial charge in [-0.1, -0.05) is 6.92 Å². The summed E-state index contributed by atoms with van der Waals surface area (Å²) in [4.78, 5) is 29.1. The van der Waals surface area contributed by atoms with Gasteiger partial charge in [0.2, 0.25) is 0 Å². The Bertz CT molecular complexity index is 1250. The number of pyridine rings is 1. The number of alkyl halides is 3. The highest BCUT2D eigenvalue weighted by Gasteiger charge is 2.54. The summed E-state index contributed by atoms with van der Waals surface area (Å²) in [5, 5.41) is 8.20. The van der Waals surface area contributed by atoms with E-state index in [9.17, 15) is 18.0 Å². The van der Waals surface area contributed by atoms with Gasteiger partial charge in [-0.05, 0) is 50.7 Å². The number of halogens is 3. The third kappa shape index (κ3) is 3.48. The Hall–Kier alpha value is -3.57. The van der Waals surface area contributed by atoms with Crippen molar-refractivity contribution in [2.45, 2.75) is 51.9 Å². The van der Waals surface area contributed by atoms with E-state index >= 15 is 0 Å². The minimum absolute atomic E-state index is 0.00466. The van der Waals surface area contributed by atoms with Crippen LogP contribution < -0.4 is 5.73 Å². The summed E-state index contributed by atoms with van der Waals surface area (Å²) < 4.78 is 42.1. The van der Waals surface area contributed by atoms with Gasteiger partial charge in [-0.3, -0.25) is 4.79 Å². The lowest BCUT2D eigenvalue weighted by Gasteiger charge is -2.57. The van der Waals surface area contributed by atoms with Gasteiger partial charge in [-0.2, -0.15) is 23.4 Å². The van der Waals surface area contributed by atoms with Crippen molar-refractivity contribution in [3.05, 3.63) is 53.0 Å². The quantitative estimate of drug-likeness (QED) is 0.622. The first-order valence-corrected chi connectivity index (χ1v) is 10.9. The lowest BCUT2D eigenvalue weighted by atomic mass is 9.64. The van der Waals surface area contributed by atoms with E-state index in [2.05, 4.69) is 25.1 Å². The van der Waals surface area contributed by atoms with E-state index < -0.39 is 23.8 Å². The van der Waals surface area contributed by atoms with Crippen LogP contribution in [0.15, 0.2) is 24.5 Å². The highest BCUT2D eigenvalue weighted by Crippen LogP contribution is 2.53. The summed E-state index contributed by atoms with van der Waals surface area (Å²) in [5.41, 5.74) is 5.46. The third-order valence-corrected chi connectivity index (χ3v) is 6.85. The lowest BCUT2D eigenvalue weighted by Crippen LogP contribution is -2.59. The molecular weight excluding hydrogens is 449 g/mol. The van der Waals surface area contributed by atoms with Crippen molar-refractivity contribution in [2.75, 3.05) is 5.73 Å². The highest BCUT2D eigenvalue weighted by molar-refractivity contribution is 5.96. The average molecular weight is 472 g/mol. The molecule has 2 bridgehead atoms. The number of piperidine rings is 2. The molecule has 0 unspecified atom stereocenters. The average Bonchev–Trinajstić information content (AvgIpc) is 3.27. The van der Waals surface area contributed by atoms with Crippen LogP contribution >= 0.6 is 0 Å². The van der Waals surface area contributed by atoms with Crippen LogP contribution in [0.1, 0.15) is 59.1 Å². The second-order valence-electron chi connectivity index (χ2n) is 8.97. The number of anilines is 1. The Balaban J connectivity index is 1.66. The molecule has 0 aromatic carbocycles. The van der Waals surface area contributed by atoms with Crippen LogP contribution in [0, 0.1) is 25.7 Å². The van der Waals surface area contributed by atoms with E-state index in [-0.39, 0.29) is 40.8 Å². The summed E-state index contributed by atoms with van der Waals surface area (Å²) in [7, 11) is 0. The molecular formula is C22H23F3N8O. The number of aryl methyl sites for hydroxylation is 2. The molecule has 2 aliphatic heterocycles. The van der Waals surface area contributed by atoms with Gasteiger partial charge >= 0.3 is 6.18 Å². The molecule has 3 fully saturated rings. The fourth-order valence-corrected chi connectivity index (χ4v) is 4.99. The maximum absolute atomic E-state index is 14.0. The van der Waals surface area contributed by atoms with Crippen molar-refractivity contribution in [3.8, 4) is 5.69 Å². The van der Waals surface area contributed by atoms with Crippen LogP contribution in [-0.4, -0.2) is 46.8 Å². The Kier molecular flexibility index (Phi) is 5.06. The summed E-state index contributed by atoms with van der Waals surface area (Å²) in [6.45, 7) is 4.97. The first-order chi connectivity index (χ1) is 16.1. The molecule has 3 aromatic rings. The summed E-state index contributed by atoms with van der Waals surface area (Å²) in [5.74, 6) is -0.674. The molecule has 2 atom stereocenters. The largest absolute Gasteiger partial charge is 0.435 e. The Labute approximate surface area is 193 Å². The number of carbonyl (C=O) groups is 1. The molecule has 2 N–H and O–H groups in total. The maximum Gasteiger partial charge on any atom is 0.435 e. The van der Waals surface area contributed by atoms with E-state index in [1.54, 1.807) is 19.1 Å². The summed E-state index contributed by atoms with van der Waals surface area (Å²) >= 11 is 0. The van der Waals surface area contributed by atoms with Crippen LogP contribution in [0.3, 0.4) is 0 Å². The molecule has 12 heteroatoms. The van der Waals surface area contributed by atoms with E-state index in [0.29, 0.717) is 24.2 Å². The van der Waals surface area contributed by atoms with Crippen LogP contribution in [0.25, 0.3) is 5.69 Å². The van der Waals surface area contributed by atoms with Crippen molar-refractivity contribution in [3.63, 3.8) is 0 Å². The Morgan fingerprint density at radius 2 is 1.76 bits per heavy atom. The van der Waals surface area contributed by atoms with Crippen molar-refractivity contribution >= 4 is 11.7 Å². The van der Waals surface area contributed by atoms with Crippen LogP contribution in [0.4, 0.5) is 19.0 Å². The predicted molar refractivity (Wildman–Crippen MR) is 115 cm³/mol. The molecule has 3 aromatic heterocycles. The smallest absolute Gasteiger partial charge is 0.382 e. The molecule has 178 valence electrons. The molecule has 2 saturated heterocycles. The highest BCUT2D eigenvalue weighted by atomic mass is 19.4. The molecule has 9 nitrogen and oxygen atoms in total. The molecule has 0 radical (unpaired) electrons. The van der Waals surface area contributed by atoms with Crippen molar-refractivity contribution in [1.29, 1.82) is 0 Å². The topological polar surface area (TPSA) is 116 Å². The van der Waals surface area contributed by atoms with Crippen molar-refractivity contribution in [1.82, 2.24) is 34.8 Å². The minimum Gasteiger partial charge on any atom is -0.382 e. The number of carbonyl (C=O) groups excluding carboxylic acids is 1. The molecule has 34 heavy (non-hydrogen) atoms. The van der Waals surface area contributed by atoms with Gasteiger partial charge in [0.15, 0.2) is 11.4 Å². The zero-order valence-corrected chi connectivity index (χ0v) is 18.8. The van der Waals surface area contributed by atoms with Gasteiger partial charge in [-0.15, -0.1) is 4.80 Å². The van der Waals surface area contributed by atoms with E-state index in [4.69, 9.17) is 5.73 Å². The first kappa shape index (κ1) is 22.2. The van der Waals surface area contributed by atoms with Crippen molar-refractivity contribution in [2.24, 2.45) is 11.8 Å². The number of hydrogen-bond acceptors (Lipinski definition) is 7. The van der Waals surface area contributed by atoms with E-state index in [1.807, 2.05) is 6.92 Å². The van der Waals surface area contributed by atoms with Crippen LogP contribution in [-0.2, 0) is 6.18 Å². The Morgan fingerprint density at radius 3 is 2.41 bits per heavy atom. The number of nitrogens with two attached hydrogens (primary N) is 1. The fraction of sp³-hybridized carbons (Fsp3) is 0.455. The normalized spacial score (nSPS) is 24.1. The Morgan fingerprint density at radius 1 is 1.09 bits per heavy atom. The molecule has 1 aliphatic carbocycles. The summed E-state index contributed by atoms with van der Waals surface area (Å²) in [6.07, 6.45) is -0.391. The van der Waals surface area contributed by atoms with Gasteiger partial charge in [0.1, 0.15) is 11.5 Å². The molecule has 0 spiro atoms. The standard InChI is InChI=1S/C22H23F3N8O/c1-10-4-5-15(33-27-6-7-28-33)16(29-10)21(34)32-14-8-13(9-14)11(2)18(32)17-19(22(23,24)25)30-12(3)20(26)31-17/h4-7,11,13-14,18H,8-9H2,1-3H3,(H2,26,31)/t11-,13?,14?,18+/m1/s1. The van der Waals surface area contributed by atoms with E-state index in [0.717, 1.165) is 0 Å². The lowest BCUT2D eigenvalue weighted by molar-refractivity contribution is -0.144. The number of aromatic nitrogens is 6. The first-order valence-electron chi connectivity index (χ1n) is 10.9. The number of fused-ring (bicyclic) bond motifs is 2. The number of amides is 1. The molecule has 1 saturated carbocycles. The third-order valence-electron chi connectivity index (χ3n) is 6.85. The zero-order valence-electron chi connectivity index (χ0n) is 18.8. The van der Waals surface area contributed by atoms with Crippen LogP contribution in [0.2, 0.25) is 0 Å². The van der Waals surface area contributed by atoms with Crippen LogP contribution in [0.5, 0.6) is 0 Å². The van der Waals surface area contributed by atoms with Gasteiger partial charge in [0.05, 0.1) is 29.8 Å². The number of rotatable bonds is 3. The SMILES string of the molecule is Cc1ccc(-n2nccn2)c(C(=O)N2C3CC(C3)[C@@H](C)[C@H]2c2nc(N)c(C)nc2C(F)(F)F)n1. The van der Waals surface area contributed by atoms with Crippen molar-refractivity contribution < 1.29 is 18.0 Å². The minimum atomic E-state index is -4.75. The molecule has 1 amide bonds. The second-order valence-corrected chi connectivity index (χ2v) is 8.97.